The normalized spacial score (nSPS) is 14.4. The molecule has 1 aromatic carbocycles. The van der Waals surface area contributed by atoms with E-state index in [0.717, 1.165) is 21.5 Å². The molecule has 0 aliphatic carbocycles. The summed E-state index contributed by atoms with van der Waals surface area (Å²) in [6.07, 6.45) is 0. The highest BCUT2D eigenvalue weighted by atomic mass is 79.9. The van der Waals surface area contributed by atoms with Crippen LogP contribution in [0.15, 0.2) is 33.3 Å². The Labute approximate surface area is 122 Å². The fourth-order valence-electron chi connectivity index (χ4n) is 2.44. The molecule has 0 amide bonds. The first-order chi connectivity index (χ1) is 8.99. The number of halogens is 1. The molecule has 0 spiro atoms. The van der Waals surface area contributed by atoms with Gasteiger partial charge in [-0.05, 0) is 45.4 Å². The maximum Gasteiger partial charge on any atom is 0.138 e. The Morgan fingerprint density at radius 3 is 2.53 bits per heavy atom. The largest absolute Gasteiger partial charge is 0.361 e. The fourth-order valence-corrected chi connectivity index (χ4v) is 2.86. The van der Waals surface area contributed by atoms with Gasteiger partial charge in [0.25, 0.3) is 0 Å². The van der Waals surface area contributed by atoms with Crippen molar-refractivity contribution in [2.45, 2.75) is 39.8 Å². The van der Waals surface area contributed by atoms with Gasteiger partial charge in [-0.3, -0.25) is 0 Å². The molecule has 0 saturated carbocycles. The molecule has 19 heavy (non-hydrogen) atoms. The molecule has 0 bridgehead atoms. The van der Waals surface area contributed by atoms with Crippen LogP contribution in [0.25, 0.3) is 0 Å². The smallest absolute Gasteiger partial charge is 0.138 e. The zero-order chi connectivity index (χ0) is 14.0. The second-order valence-electron chi connectivity index (χ2n) is 4.90. The van der Waals surface area contributed by atoms with Gasteiger partial charge in [0.1, 0.15) is 5.76 Å². The van der Waals surface area contributed by atoms with Crippen molar-refractivity contribution >= 4 is 15.9 Å². The molecular formula is C15H19BrN2O. The third kappa shape index (κ3) is 3.25. The number of aromatic nitrogens is 1. The molecule has 2 unspecified atom stereocenters. The molecule has 0 radical (unpaired) electrons. The summed E-state index contributed by atoms with van der Waals surface area (Å²) in [4.78, 5) is 0. The SMILES string of the molecule is Cc1noc(C)c1C(C)NC(C)c1cccc(Br)c1. The standard InChI is InChI=1S/C15H19BrN2O/c1-9(13-6-5-7-14(16)8-13)17-10(2)15-11(3)18-19-12(15)4/h5-10,17H,1-4H3. The maximum atomic E-state index is 5.23. The predicted octanol–water partition coefficient (Wildman–Crippen LogP) is 4.47. The summed E-state index contributed by atoms with van der Waals surface area (Å²) in [5.41, 5.74) is 3.37. The van der Waals surface area contributed by atoms with Crippen LogP contribution in [-0.2, 0) is 0 Å². The van der Waals surface area contributed by atoms with Crippen LogP contribution in [0.2, 0.25) is 0 Å². The van der Waals surface area contributed by atoms with Crippen molar-refractivity contribution in [2.24, 2.45) is 0 Å². The van der Waals surface area contributed by atoms with E-state index in [2.05, 4.69) is 58.4 Å². The van der Waals surface area contributed by atoms with Gasteiger partial charge in [0.2, 0.25) is 0 Å². The van der Waals surface area contributed by atoms with Gasteiger partial charge < -0.3 is 9.84 Å². The Kier molecular flexibility index (Phi) is 4.42. The molecule has 0 aliphatic heterocycles. The summed E-state index contributed by atoms with van der Waals surface area (Å²) >= 11 is 3.51. The lowest BCUT2D eigenvalue weighted by Gasteiger charge is -2.20. The number of nitrogens with zero attached hydrogens (tertiary/aromatic N) is 1. The molecule has 1 heterocycles. The van der Waals surface area contributed by atoms with Gasteiger partial charge >= 0.3 is 0 Å². The lowest BCUT2D eigenvalue weighted by molar-refractivity contribution is 0.389. The van der Waals surface area contributed by atoms with Crippen molar-refractivity contribution in [3.05, 3.63) is 51.3 Å². The molecule has 0 aliphatic rings. The number of aryl methyl sites for hydroxylation is 2. The van der Waals surface area contributed by atoms with Gasteiger partial charge in [-0.2, -0.15) is 0 Å². The van der Waals surface area contributed by atoms with Gasteiger partial charge in [0.15, 0.2) is 0 Å². The highest BCUT2D eigenvalue weighted by molar-refractivity contribution is 9.10. The Balaban J connectivity index is 2.13. The Morgan fingerprint density at radius 2 is 1.95 bits per heavy atom. The van der Waals surface area contributed by atoms with Crippen LogP contribution in [-0.4, -0.2) is 5.16 Å². The molecule has 102 valence electrons. The molecule has 3 nitrogen and oxygen atoms in total. The lowest BCUT2D eigenvalue weighted by atomic mass is 10.0. The van der Waals surface area contributed by atoms with E-state index >= 15 is 0 Å². The monoisotopic (exact) mass is 322 g/mol. The van der Waals surface area contributed by atoms with Gasteiger partial charge in [-0.15, -0.1) is 0 Å². The van der Waals surface area contributed by atoms with Crippen LogP contribution < -0.4 is 5.32 Å². The first kappa shape index (κ1) is 14.3. The highest BCUT2D eigenvalue weighted by Crippen LogP contribution is 2.25. The molecule has 0 saturated heterocycles. The minimum atomic E-state index is 0.209. The summed E-state index contributed by atoms with van der Waals surface area (Å²) in [7, 11) is 0. The second kappa shape index (κ2) is 5.88. The van der Waals surface area contributed by atoms with E-state index in [1.165, 1.54) is 5.56 Å². The number of hydrogen-bond donors (Lipinski definition) is 1. The van der Waals surface area contributed by atoms with Crippen LogP contribution >= 0.6 is 15.9 Å². The quantitative estimate of drug-likeness (QED) is 0.902. The van der Waals surface area contributed by atoms with Crippen molar-refractivity contribution in [2.75, 3.05) is 0 Å². The number of rotatable bonds is 4. The minimum Gasteiger partial charge on any atom is -0.361 e. The molecule has 4 heteroatoms. The van der Waals surface area contributed by atoms with Crippen LogP contribution in [0.1, 0.15) is 48.5 Å². The molecule has 1 N–H and O–H groups in total. The van der Waals surface area contributed by atoms with E-state index in [9.17, 15) is 0 Å². The summed E-state index contributed by atoms with van der Waals surface area (Å²) in [5, 5.41) is 7.60. The van der Waals surface area contributed by atoms with E-state index in [-0.39, 0.29) is 12.1 Å². The van der Waals surface area contributed by atoms with Crippen LogP contribution in [0, 0.1) is 13.8 Å². The lowest BCUT2D eigenvalue weighted by Crippen LogP contribution is -2.23. The summed E-state index contributed by atoms with van der Waals surface area (Å²) in [6, 6.07) is 8.83. The van der Waals surface area contributed by atoms with Gasteiger partial charge in [0, 0.05) is 22.1 Å². The maximum absolute atomic E-state index is 5.23. The van der Waals surface area contributed by atoms with Crippen LogP contribution in [0.4, 0.5) is 0 Å². The van der Waals surface area contributed by atoms with Crippen LogP contribution in [0.3, 0.4) is 0 Å². The van der Waals surface area contributed by atoms with E-state index < -0.39 is 0 Å². The topological polar surface area (TPSA) is 38.1 Å². The summed E-state index contributed by atoms with van der Waals surface area (Å²) in [6.45, 7) is 8.24. The van der Waals surface area contributed by atoms with Gasteiger partial charge in [-0.25, -0.2) is 0 Å². The van der Waals surface area contributed by atoms with E-state index in [0.29, 0.717) is 0 Å². The highest BCUT2D eigenvalue weighted by Gasteiger charge is 2.18. The zero-order valence-electron chi connectivity index (χ0n) is 11.7. The molecule has 2 atom stereocenters. The fraction of sp³-hybridized carbons (Fsp3) is 0.400. The van der Waals surface area contributed by atoms with Crippen molar-refractivity contribution in [1.82, 2.24) is 10.5 Å². The summed E-state index contributed by atoms with van der Waals surface area (Å²) in [5.74, 6) is 0.888. The second-order valence-corrected chi connectivity index (χ2v) is 5.82. The summed E-state index contributed by atoms with van der Waals surface area (Å²) < 4.78 is 6.33. The first-order valence-corrected chi connectivity index (χ1v) is 7.22. The average Bonchev–Trinajstić information content (AvgIpc) is 2.69. The Bertz CT molecular complexity index is 546. The Hall–Kier alpha value is -1.13. The Morgan fingerprint density at radius 1 is 1.21 bits per heavy atom. The average molecular weight is 323 g/mol. The number of benzene rings is 1. The third-order valence-corrected chi connectivity index (χ3v) is 3.86. The molecule has 1 aromatic heterocycles. The van der Waals surface area contributed by atoms with Crippen LogP contribution in [0.5, 0.6) is 0 Å². The first-order valence-electron chi connectivity index (χ1n) is 6.43. The van der Waals surface area contributed by atoms with E-state index in [1.807, 2.05) is 19.9 Å². The van der Waals surface area contributed by atoms with Crippen molar-refractivity contribution in [3.63, 3.8) is 0 Å². The van der Waals surface area contributed by atoms with Crippen molar-refractivity contribution in [1.29, 1.82) is 0 Å². The van der Waals surface area contributed by atoms with Gasteiger partial charge in [0.05, 0.1) is 5.69 Å². The molecule has 2 aromatic rings. The predicted molar refractivity (Wildman–Crippen MR) is 80.1 cm³/mol. The van der Waals surface area contributed by atoms with E-state index in [4.69, 9.17) is 4.52 Å². The van der Waals surface area contributed by atoms with Crippen molar-refractivity contribution < 1.29 is 4.52 Å². The third-order valence-electron chi connectivity index (χ3n) is 3.37. The molecule has 0 fully saturated rings. The number of nitrogens with one attached hydrogen (secondary N) is 1. The van der Waals surface area contributed by atoms with E-state index in [1.54, 1.807) is 0 Å². The zero-order valence-corrected chi connectivity index (χ0v) is 13.3. The number of hydrogen-bond acceptors (Lipinski definition) is 3. The minimum absolute atomic E-state index is 0.209. The van der Waals surface area contributed by atoms with Gasteiger partial charge in [-0.1, -0.05) is 33.2 Å². The molecule has 2 rings (SSSR count). The molecular weight excluding hydrogens is 304 g/mol. The van der Waals surface area contributed by atoms with Crippen molar-refractivity contribution in [3.8, 4) is 0 Å².